The number of hydrogen-bond donors (Lipinski definition) is 0. The molecular weight excluding hydrogens is 278 g/mol. The van der Waals surface area contributed by atoms with Gasteiger partial charge < -0.3 is 0 Å². The Hall–Kier alpha value is -1.37. The lowest BCUT2D eigenvalue weighted by Crippen LogP contribution is -2.20. The average Bonchev–Trinajstić information content (AvgIpc) is 2.51. The van der Waals surface area contributed by atoms with Gasteiger partial charge in [-0.25, -0.2) is 0 Å². The Kier molecular flexibility index (Phi) is 15.0. The van der Waals surface area contributed by atoms with Crippen molar-refractivity contribution < 1.29 is 9.72 Å². The van der Waals surface area contributed by atoms with Gasteiger partial charge in [-0.3, -0.25) is 14.9 Å². The highest BCUT2D eigenvalue weighted by Gasteiger charge is 2.18. The van der Waals surface area contributed by atoms with Crippen LogP contribution in [0.3, 0.4) is 0 Å². The maximum absolute atomic E-state index is 10.4. The van der Waals surface area contributed by atoms with Crippen LogP contribution in [0, 0.1) is 22.0 Å². The van der Waals surface area contributed by atoms with Gasteiger partial charge in [-0.1, -0.05) is 51.9 Å². The Morgan fingerprint density at radius 1 is 0.864 bits per heavy atom. The summed E-state index contributed by atoms with van der Waals surface area (Å²) >= 11 is 0. The maximum Gasteiger partial charge on any atom is 0.278 e. The predicted molar refractivity (Wildman–Crippen MR) is 89.9 cm³/mol. The highest BCUT2D eigenvalue weighted by Crippen LogP contribution is 2.08. The van der Waals surface area contributed by atoms with Gasteiger partial charge in [0.25, 0.3) is 12.3 Å². The van der Waals surface area contributed by atoms with Crippen molar-refractivity contribution in [3.05, 3.63) is 10.1 Å². The fraction of sp³-hybridized carbons (Fsp3) is 0.833. The summed E-state index contributed by atoms with van der Waals surface area (Å²) in [7, 11) is 0. The monoisotopic (exact) mass is 308 g/mol. The van der Waals surface area contributed by atoms with Crippen molar-refractivity contribution in [2.24, 2.45) is 0 Å². The van der Waals surface area contributed by atoms with Crippen LogP contribution in [0.1, 0.15) is 90.4 Å². The van der Waals surface area contributed by atoms with Crippen LogP contribution < -0.4 is 0 Å². The minimum absolute atomic E-state index is 0.306. The van der Waals surface area contributed by atoms with Crippen molar-refractivity contribution in [1.29, 1.82) is 0 Å². The number of rotatable bonds is 14. The number of carbonyl (C=O) groups excluding carboxylic acids is 1. The molecule has 1 radical (unpaired) electrons. The molecular formula is C18H30NO3. The van der Waals surface area contributed by atoms with E-state index in [4.69, 9.17) is 0 Å². The molecule has 4 heteroatoms. The second-order valence-corrected chi connectivity index (χ2v) is 5.74. The molecule has 0 N–H and O–H groups in total. The van der Waals surface area contributed by atoms with Gasteiger partial charge in [0.1, 0.15) is 0 Å². The fourth-order valence-electron chi connectivity index (χ4n) is 2.28. The van der Waals surface area contributed by atoms with Crippen LogP contribution in [0.2, 0.25) is 0 Å². The molecule has 0 rings (SSSR count). The molecule has 1 unspecified atom stereocenters. The van der Waals surface area contributed by atoms with E-state index >= 15 is 0 Å². The van der Waals surface area contributed by atoms with Gasteiger partial charge in [-0.05, 0) is 19.3 Å². The molecule has 125 valence electrons. The molecule has 0 spiro atoms. The third-order valence-corrected chi connectivity index (χ3v) is 3.70. The number of nitro groups is 1. The molecule has 0 bridgehead atoms. The fourth-order valence-corrected chi connectivity index (χ4v) is 2.28. The lowest BCUT2D eigenvalue weighted by Gasteiger charge is -2.01. The number of nitrogens with zero attached hydrogens (tertiary/aromatic N) is 1. The molecule has 0 aliphatic heterocycles. The summed E-state index contributed by atoms with van der Waals surface area (Å²) in [5.74, 6) is 6.41. The summed E-state index contributed by atoms with van der Waals surface area (Å²) in [6.07, 6.45) is 15.2. The van der Waals surface area contributed by atoms with Crippen molar-refractivity contribution in [2.45, 2.75) is 96.4 Å². The zero-order valence-corrected chi connectivity index (χ0v) is 13.9. The molecule has 0 aliphatic carbocycles. The van der Waals surface area contributed by atoms with E-state index in [1.54, 1.807) is 0 Å². The molecule has 0 aromatic rings. The Bertz CT molecular complexity index is 344. The van der Waals surface area contributed by atoms with Gasteiger partial charge in [0, 0.05) is 24.2 Å². The molecule has 22 heavy (non-hydrogen) atoms. The Balaban J connectivity index is 3.31. The summed E-state index contributed by atoms with van der Waals surface area (Å²) in [4.78, 5) is 20.2. The Morgan fingerprint density at radius 3 is 1.86 bits per heavy atom. The summed E-state index contributed by atoms with van der Waals surface area (Å²) in [6.45, 7) is 2.23. The smallest absolute Gasteiger partial charge is 0.278 e. The first-order valence-corrected chi connectivity index (χ1v) is 8.69. The van der Waals surface area contributed by atoms with E-state index in [2.05, 4.69) is 18.8 Å². The summed E-state index contributed by atoms with van der Waals surface area (Å²) in [6, 6.07) is -1.14. The first-order chi connectivity index (χ1) is 10.7. The van der Waals surface area contributed by atoms with Crippen LogP contribution in [0.4, 0.5) is 0 Å². The van der Waals surface area contributed by atoms with E-state index in [0.717, 1.165) is 32.1 Å². The normalized spacial score (nSPS) is 11.5. The van der Waals surface area contributed by atoms with Gasteiger partial charge in [0.15, 0.2) is 0 Å². The molecule has 0 saturated carbocycles. The van der Waals surface area contributed by atoms with Gasteiger partial charge in [0.05, 0.1) is 0 Å². The second-order valence-electron chi connectivity index (χ2n) is 5.74. The van der Waals surface area contributed by atoms with Crippen molar-refractivity contribution in [3.8, 4) is 11.8 Å². The van der Waals surface area contributed by atoms with Crippen LogP contribution in [0.5, 0.6) is 0 Å². The molecule has 0 aromatic carbocycles. The molecule has 0 amide bonds. The third kappa shape index (κ3) is 13.6. The van der Waals surface area contributed by atoms with Crippen molar-refractivity contribution in [2.75, 3.05) is 0 Å². The standard InChI is InChI=1S/C18H30NO3/c1-2-3-4-5-6-7-8-9-10-11-12-13-14-15-16-18(17-20)19(21)22/h18H,2-8,11-16H2,1H3. The minimum atomic E-state index is -1.14. The van der Waals surface area contributed by atoms with E-state index in [1.807, 2.05) is 0 Å². The quantitative estimate of drug-likeness (QED) is 0.200. The van der Waals surface area contributed by atoms with Crippen molar-refractivity contribution in [1.82, 2.24) is 0 Å². The van der Waals surface area contributed by atoms with E-state index < -0.39 is 11.0 Å². The number of unbranched alkanes of at least 4 members (excludes halogenated alkanes) is 10. The molecule has 1 atom stereocenters. The molecule has 4 nitrogen and oxygen atoms in total. The molecule has 0 fully saturated rings. The van der Waals surface area contributed by atoms with E-state index in [0.29, 0.717) is 12.8 Å². The van der Waals surface area contributed by atoms with Crippen molar-refractivity contribution >= 4 is 6.29 Å². The Morgan fingerprint density at radius 2 is 1.36 bits per heavy atom. The average molecular weight is 308 g/mol. The predicted octanol–water partition coefficient (Wildman–Crippen LogP) is 4.84. The first-order valence-electron chi connectivity index (χ1n) is 8.69. The lowest BCUT2D eigenvalue weighted by atomic mass is 10.1. The molecule has 0 saturated heterocycles. The maximum atomic E-state index is 10.4. The zero-order chi connectivity index (χ0) is 16.5. The highest BCUT2D eigenvalue weighted by atomic mass is 16.6. The molecule has 0 heterocycles. The van der Waals surface area contributed by atoms with Gasteiger partial charge in [0.2, 0.25) is 0 Å². The van der Waals surface area contributed by atoms with Crippen LogP contribution >= 0.6 is 0 Å². The first kappa shape index (κ1) is 20.6. The van der Waals surface area contributed by atoms with Crippen molar-refractivity contribution in [3.63, 3.8) is 0 Å². The topological polar surface area (TPSA) is 60.2 Å². The summed E-state index contributed by atoms with van der Waals surface area (Å²) in [5.41, 5.74) is 0. The molecule has 0 aromatic heterocycles. The van der Waals surface area contributed by atoms with Gasteiger partial charge in [-0.2, -0.15) is 0 Å². The van der Waals surface area contributed by atoms with E-state index in [9.17, 15) is 14.9 Å². The van der Waals surface area contributed by atoms with E-state index in [-0.39, 0.29) is 0 Å². The van der Waals surface area contributed by atoms with Gasteiger partial charge >= 0.3 is 0 Å². The summed E-state index contributed by atoms with van der Waals surface area (Å²) < 4.78 is 0. The van der Waals surface area contributed by atoms with Gasteiger partial charge in [-0.15, -0.1) is 11.8 Å². The van der Waals surface area contributed by atoms with Crippen LogP contribution in [-0.4, -0.2) is 17.3 Å². The van der Waals surface area contributed by atoms with Crippen LogP contribution in [-0.2, 0) is 4.79 Å². The van der Waals surface area contributed by atoms with Crippen LogP contribution in [0.25, 0.3) is 0 Å². The zero-order valence-electron chi connectivity index (χ0n) is 13.9. The third-order valence-electron chi connectivity index (χ3n) is 3.70. The number of hydrogen-bond acceptors (Lipinski definition) is 3. The Labute approximate surface area is 135 Å². The van der Waals surface area contributed by atoms with Crippen LogP contribution in [0.15, 0.2) is 0 Å². The molecule has 0 aliphatic rings. The summed E-state index contributed by atoms with van der Waals surface area (Å²) in [5, 5.41) is 10.4. The second kappa shape index (κ2) is 16.0. The SMILES string of the molecule is CCCCCCCCC#CCCCCCCC([C]=O)[N+](=O)[O-]. The lowest BCUT2D eigenvalue weighted by molar-refractivity contribution is -0.503. The highest BCUT2D eigenvalue weighted by molar-refractivity contribution is 5.56. The minimum Gasteiger partial charge on any atom is -0.283 e. The van der Waals surface area contributed by atoms with E-state index in [1.165, 1.54) is 44.8 Å². The largest absolute Gasteiger partial charge is 0.283 e.